The van der Waals surface area contributed by atoms with E-state index in [4.69, 9.17) is 0 Å². The zero-order chi connectivity index (χ0) is 23.1. The van der Waals surface area contributed by atoms with Crippen LogP contribution >= 0.6 is 0 Å². The van der Waals surface area contributed by atoms with E-state index in [1.165, 1.54) is 24.6 Å². The molecule has 1 saturated heterocycles. The van der Waals surface area contributed by atoms with Crippen molar-refractivity contribution < 1.29 is 17.6 Å². The first kappa shape index (κ1) is 24.4. The van der Waals surface area contributed by atoms with E-state index < -0.39 is 32.7 Å². The molecule has 2 aromatic carbocycles. The number of carbonyl (C=O) groups excluding carboxylic acids is 1. The molecule has 32 heavy (non-hydrogen) atoms. The van der Waals surface area contributed by atoms with Crippen LogP contribution in [0.25, 0.3) is 0 Å². The molecule has 3 unspecified atom stereocenters. The highest BCUT2D eigenvalue weighted by molar-refractivity contribution is 7.89. The van der Waals surface area contributed by atoms with Crippen molar-refractivity contribution in [2.24, 2.45) is 11.8 Å². The molecule has 8 heteroatoms. The number of hydrogen-bond acceptors (Lipinski definition) is 4. The Bertz CT molecular complexity index is 991. The third kappa shape index (κ3) is 6.85. The van der Waals surface area contributed by atoms with E-state index in [1.807, 2.05) is 30.3 Å². The molecule has 0 spiro atoms. The topological polar surface area (TPSA) is 78.5 Å². The lowest BCUT2D eigenvalue weighted by Gasteiger charge is -2.35. The van der Waals surface area contributed by atoms with Crippen molar-refractivity contribution in [3.63, 3.8) is 0 Å². The summed E-state index contributed by atoms with van der Waals surface area (Å²) >= 11 is 0. The zero-order valence-electron chi connectivity index (χ0n) is 18.6. The minimum absolute atomic E-state index is 0.165. The van der Waals surface area contributed by atoms with Crippen molar-refractivity contribution in [3.8, 4) is 0 Å². The molecule has 0 radical (unpaired) electrons. The Morgan fingerprint density at radius 3 is 2.34 bits per heavy atom. The second kappa shape index (κ2) is 11.0. The number of rotatable bonds is 9. The smallest absolute Gasteiger partial charge is 0.244 e. The summed E-state index contributed by atoms with van der Waals surface area (Å²) in [4.78, 5) is 14.8. The molecule has 0 aliphatic carbocycles. The molecule has 0 aromatic heterocycles. The molecular formula is C24H32FN3O3S. The SMILES string of the molecule is CC1CC(C)CN(CCNC(=O)C(Cc2ccccc2)NS(=O)(=O)c2ccccc2F)C1. The Balaban J connectivity index is 1.68. The number of benzene rings is 2. The molecule has 1 fully saturated rings. The van der Waals surface area contributed by atoms with Gasteiger partial charge in [0.1, 0.15) is 16.8 Å². The van der Waals surface area contributed by atoms with Gasteiger partial charge in [-0.25, -0.2) is 12.8 Å². The average Bonchev–Trinajstić information content (AvgIpc) is 2.73. The van der Waals surface area contributed by atoms with Gasteiger partial charge in [0.25, 0.3) is 0 Å². The maximum absolute atomic E-state index is 14.1. The number of sulfonamides is 1. The number of likely N-dealkylation sites (tertiary alicyclic amines) is 1. The predicted molar refractivity (Wildman–Crippen MR) is 123 cm³/mol. The third-order valence-electron chi connectivity index (χ3n) is 5.69. The van der Waals surface area contributed by atoms with Gasteiger partial charge in [-0.05, 0) is 42.4 Å². The summed E-state index contributed by atoms with van der Waals surface area (Å²) in [6, 6.07) is 13.2. The molecule has 174 valence electrons. The summed E-state index contributed by atoms with van der Waals surface area (Å²) in [6.45, 7) is 7.58. The van der Waals surface area contributed by atoms with Crippen LogP contribution in [0.4, 0.5) is 4.39 Å². The van der Waals surface area contributed by atoms with Crippen LogP contribution < -0.4 is 10.0 Å². The predicted octanol–water partition coefficient (Wildman–Crippen LogP) is 2.81. The summed E-state index contributed by atoms with van der Waals surface area (Å²) < 4.78 is 42.1. The van der Waals surface area contributed by atoms with Crippen molar-refractivity contribution in [1.82, 2.24) is 14.9 Å². The van der Waals surface area contributed by atoms with Gasteiger partial charge in [0.15, 0.2) is 0 Å². The third-order valence-corrected chi connectivity index (χ3v) is 7.20. The molecule has 1 aliphatic heterocycles. The normalized spacial score (nSPS) is 20.6. The highest BCUT2D eigenvalue weighted by atomic mass is 32.2. The first-order valence-corrected chi connectivity index (χ1v) is 12.5. The van der Waals surface area contributed by atoms with Crippen molar-refractivity contribution in [3.05, 3.63) is 66.0 Å². The second-order valence-corrected chi connectivity index (χ2v) is 10.5. The van der Waals surface area contributed by atoms with Gasteiger partial charge in [-0.1, -0.05) is 56.3 Å². The fraction of sp³-hybridized carbons (Fsp3) is 0.458. The lowest BCUT2D eigenvalue weighted by atomic mass is 9.92. The summed E-state index contributed by atoms with van der Waals surface area (Å²) in [5, 5.41) is 2.87. The van der Waals surface area contributed by atoms with Crippen LogP contribution in [-0.4, -0.2) is 51.4 Å². The standard InChI is InChI=1S/C24H32FN3O3S/c1-18-14-19(2)17-28(16-18)13-12-26-24(29)22(15-20-8-4-3-5-9-20)27-32(30,31)23-11-7-6-10-21(23)25/h3-11,18-19,22,27H,12-17H2,1-2H3,(H,26,29). The minimum atomic E-state index is -4.21. The van der Waals surface area contributed by atoms with Gasteiger partial charge in [-0.15, -0.1) is 0 Å². The largest absolute Gasteiger partial charge is 0.353 e. The minimum Gasteiger partial charge on any atom is -0.353 e. The van der Waals surface area contributed by atoms with Crippen LogP contribution in [0.2, 0.25) is 0 Å². The Morgan fingerprint density at radius 1 is 1.06 bits per heavy atom. The van der Waals surface area contributed by atoms with Crippen LogP contribution in [0.5, 0.6) is 0 Å². The van der Waals surface area contributed by atoms with Gasteiger partial charge < -0.3 is 10.2 Å². The van der Waals surface area contributed by atoms with Gasteiger partial charge >= 0.3 is 0 Å². The van der Waals surface area contributed by atoms with E-state index >= 15 is 0 Å². The van der Waals surface area contributed by atoms with Gasteiger partial charge in [-0.2, -0.15) is 4.72 Å². The quantitative estimate of drug-likeness (QED) is 0.602. The average molecular weight is 462 g/mol. The van der Waals surface area contributed by atoms with Crippen molar-refractivity contribution in [1.29, 1.82) is 0 Å². The summed E-state index contributed by atoms with van der Waals surface area (Å²) in [7, 11) is -4.21. The van der Waals surface area contributed by atoms with Gasteiger partial charge in [0.05, 0.1) is 0 Å². The van der Waals surface area contributed by atoms with Crippen LogP contribution in [0.3, 0.4) is 0 Å². The second-order valence-electron chi connectivity index (χ2n) is 8.79. The number of nitrogens with one attached hydrogen (secondary N) is 2. The van der Waals surface area contributed by atoms with Gasteiger partial charge in [0.2, 0.25) is 15.9 Å². The number of halogens is 1. The van der Waals surface area contributed by atoms with Crippen LogP contribution in [0.15, 0.2) is 59.5 Å². The van der Waals surface area contributed by atoms with Gasteiger partial charge in [0, 0.05) is 26.2 Å². The molecule has 1 heterocycles. The summed E-state index contributed by atoms with van der Waals surface area (Å²) in [5.74, 6) is -0.0419. The zero-order valence-corrected chi connectivity index (χ0v) is 19.4. The summed E-state index contributed by atoms with van der Waals surface area (Å²) in [6.07, 6.45) is 1.37. The van der Waals surface area contributed by atoms with E-state index in [2.05, 4.69) is 28.8 Å². The number of nitrogens with zero attached hydrogens (tertiary/aromatic N) is 1. The number of hydrogen-bond donors (Lipinski definition) is 2. The Hall–Kier alpha value is -2.29. The number of amides is 1. The van der Waals surface area contributed by atoms with Gasteiger partial charge in [-0.3, -0.25) is 4.79 Å². The molecule has 1 aliphatic rings. The van der Waals surface area contributed by atoms with E-state index in [0.29, 0.717) is 24.9 Å². The lowest BCUT2D eigenvalue weighted by Crippen LogP contribution is -2.50. The first-order valence-electron chi connectivity index (χ1n) is 11.1. The fourth-order valence-electron chi connectivity index (χ4n) is 4.39. The van der Waals surface area contributed by atoms with Crippen molar-refractivity contribution in [2.75, 3.05) is 26.2 Å². The molecule has 6 nitrogen and oxygen atoms in total. The molecule has 3 atom stereocenters. The Morgan fingerprint density at radius 2 is 1.69 bits per heavy atom. The number of carbonyl (C=O) groups is 1. The molecule has 0 bridgehead atoms. The Kier molecular flexibility index (Phi) is 8.39. The summed E-state index contributed by atoms with van der Waals surface area (Å²) in [5.41, 5.74) is 0.808. The molecule has 0 saturated carbocycles. The fourth-order valence-corrected chi connectivity index (χ4v) is 5.66. The maximum Gasteiger partial charge on any atom is 0.244 e. The molecular weight excluding hydrogens is 429 g/mol. The highest BCUT2D eigenvalue weighted by Gasteiger charge is 2.28. The Labute approximate surface area is 190 Å². The van der Waals surface area contributed by atoms with Crippen LogP contribution in [0.1, 0.15) is 25.8 Å². The van der Waals surface area contributed by atoms with E-state index in [-0.39, 0.29) is 6.42 Å². The van der Waals surface area contributed by atoms with Crippen molar-refractivity contribution >= 4 is 15.9 Å². The first-order chi connectivity index (χ1) is 15.2. The highest BCUT2D eigenvalue weighted by Crippen LogP contribution is 2.20. The van der Waals surface area contributed by atoms with E-state index in [1.54, 1.807) is 0 Å². The van der Waals surface area contributed by atoms with Crippen molar-refractivity contribution in [2.45, 2.75) is 37.6 Å². The monoisotopic (exact) mass is 461 g/mol. The molecule has 3 rings (SSSR count). The number of piperidine rings is 1. The maximum atomic E-state index is 14.1. The molecule has 2 aromatic rings. The molecule has 2 N–H and O–H groups in total. The van der Waals surface area contributed by atoms with E-state index in [9.17, 15) is 17.6 Å². The van der Waals surface area contributed by atoms with E-state index in [0.717, 1.165) is 24.7 Å². The molecule has 1 amide bonds. The van der Waals surface area contributed by atoms with Crippen LogP contribution in [0, 0.1) is 17.7 Å². The van der Waals surface area contributed by atoms with Crippen LogP contribution in [-0.2, 0) is 21.2 Å². The lowest BCUT2D eigenvalue weighted by molar-refractivity contribution is -0.122.